The Kier molecular flexibility index (Phi) is 6.56. The normalized spacial score (nSPS) is 17.8. The Bertz CT molecular complexity index is 220. The van der Waals surface area contributed by atoms with Crippen molar-refractivity contribution < 1.29 is 9.53 Å². The molecule has 0 saturated carbocycles. The monoisotopic (exact) mass is 241 g/mol. The molecule has 3 heteroatoms. The van der Waals surface area contributed by atoms with E-state index in [0.717, 1.165) is 32.5 Å². The van der Waals surface area contributed by atoms with Gasteiger partial charge in [0.25, 0.3) is 0 Å². The van der Waals surface area contributed by atoms with Gasteiger partial charge in [0, 0.05) is 25.6 Å². The van der Waals surface area contributed by atoms with Crippen molar-refractivity contribution in [1.29, 1.82) is 0 Å². The second-order valence-corrected chi connectivity index (χ2v) is 5.26. The summed E-state index contributed by atoms with van der Waals surface area (Å²) in [6.45, 7) is 8.77. The van der Waals surface area contributed by atoms with Gasteiger partial charge in [-0.05, 0) is 19.3 Å². The van der Waals surface area contributed by atoms with Crippen molar-refractivity contribution in [3.8, 4) is 0 Å². The highest BCUT2D eigenvalue weighted by molar-refractivity contribution is 5.78. The molecule has 0 spiro atoms. The van der Waals surface area contributed by atoms with Crippen LogP contribution in [0.5, 0.6) is 0 Å². The van der Waals surface area contributed by atoms with E-state index >= 15 is 0 Å². The van der Waals surface area contributed by atoms with Crippen molar-refractivity contribution in [1.82, 2.24) is 4.90 Å². The zero-order valence-corrected chi connectivity index (χ0v) is 11.6. The predicted octanol–water partition coefficient (Wildman–Crippen LogP) is 2.84. The molecule has 0 radical (unpaired) electrons. The lowest BCUT2D eigenvalue weighted by molar-refractivity contribution is -0.137. The minimum Gasteiger partial charge on any atom is -0.378 e. The molecule has 1 aliphatic heterocycles. The summed E-state index contributed by atoms with van der Waals surface area (Å²) in [5, 5.41) is 0. The van der Waals surface area contributed by atoms with Gasteiger partial charge in [-0.15, -0.1) is 0 Å². The molecular weight excluding hydrogens is 214 g/mol. The van der Waals surface area contributed by atoms with Crippen LogP contribution >= 0.6 is 0 Å². The third-order valence-corrected chi connectivity index (χ3v) is 3.35. The fourth-order valence-corrected chi connectivity index (χ4v) is 2.21. The Morgan fingerprint density at radius 1 is 1.29 bits per heavy atom. The molecule has 1 fully saturated rings. The molecule has 0 unspecified atom stereocenters. The average Bonchev–Trinajstić information content (AvgIpc) is 2.34. The number of unbranched alkanes of at least 4 members (excludes halogenated alkanes) is 2. The van der Waals surface area contributed by atoms with Gasteiger partial charge in [0.1, 0.15) is 0 Å². The number of carbonyl (C=O) groups is 1. The van der Waals surface area contributed by atoms with E-state index in [1.807, 2.05) is 18.7 Å². The first-order chi connectivity index (χ1) is 8.15. The second-order valence-electron chi connectivity index (χ2n) is 5.26. The number of ether oxygens (including phenoxy) is 1. The Hall–Kier alpha value is -0.570. The zero-order valence-electron chi connectivity index (χ0n) is 11.6. The molecule has 0 atom stereocenters. The average molecular weight is 241 g/mol. The van der Waals surface area contributed by atoms with E-state index in [1.165, 1.54) is 19.3 Å². The molecule has 17 heavy (non-hydrogen) atoms. The number of rotatable bonds is 6. The van der Waals surface area contributed by atoms with Crippen LogP contribution in [0.4, 0.5) is 0 Å². The molecule has 0 bridgehead atoms. The fourth-order valence-electron chi connectivity index (χ4n) is 2.21. The quantitative estimate of drug-likeness (QED) is 0.669. The number of amides is 1. The number of carbonyl (C=O) groups excluding carboxylic acids is 1. The van der Waals surface area contributed by atoms with Gasteiger partial charge >= 0.3 is 0 Å². The van der Waals surface area contributed by atoms with Crippen molar-refractivity contribution in [3.05, 3.63) is 0 Å². The van der Waals surface area contributed by atoms with E-state index in [9.17, 15) is 4.79 Å². The minimum atomic E-state index is 0.122. The van der Waals surface area contributed by atoms with Crippen LogP contribution in [0.25, 0.3) is 0 Å². The molecule has 1 saturated heterocycles. The molecule has 0 aromatic rings. The summed E-state index contributed by atoms with van der Waals surface area (Å²) >= 11 is 0. The van der Waals surface area contributed by atoms with Gasteiger partial charge in [0.15, 0.2) is 0 Å². The third kappa shape index (κ3) is 5.07. The van der Waals surface area contributed by atoms with Gasteiger partial charge in [-0.1, -0.05) is 33.6 Å². The first-order valence-corrected chi connectivity index (χ1v) is 7.05. The van der Waals surface area contributed by atoms with Gasteiger partial charge in [0.2, 0.25) is 5.91 Å². The molecule has 0 N–H and O–H groups in total. The largest absolute Gasteiger partial charge is 0.378 e. The summed E-state index contributed by atoms with van der Waals surface area (Å²) in [5.41, 5.74) is 0. The summed E-state index contributed by atoms with van der Waals surface area (Å²) in [6, 6.07) is 0. The summed E-state index contributed by atoms with van der Waals surface area (Å²) in [5.74, 6) is 0.409. The van der Waals surface area contributed by atoms with Crippen molar-refractivity contribution in [2.75, 3.05) is 19.7 Å². The molecule has 0 aromatic heterocycles. The molecule has 100 valence electrons. The predicted molar refractivity (Wildman–Crippen MR) is 69.9 cm³/mol. The van der Waals surface area contributed by atoms with Crippen LogP contribution in [-0.4, -0.2) is 36.6 Å². The highest BCUT2D eigenvalue weighted by Gasteiger charge is 2.24. The summed E-state index contributed by atoms with van der Waals surface area (Å²) < 4.78 is 5.84. The molecule has 1 aliphatic rings. The van der Waals surface area contributed by atoms with E-state index < -0.39 is 0 Å². The number of hydrogen-bond acceptors (Lipinski definition) is 2. The molecule has 0 aliphatic carbocycles. The first kappa shape index (κ1) is 14.5. The van der Waals surface area contributed by atoms with Gasteiger partial charge in [0.05, 0.1) is 6.10 Å². The van der Waals surface area contributed by atoms with Crippen molar-refractivity contribution in [2.24, 2.45) is 5.92 Å². The highest BCUT2D eigenvalue weighted by atomic mass is 16.5. The first-order valence-electron chi connectivity index (χ1n) is 7.05. The standard InChI is InChI=1S/C14H27NO2/c1-4-5-6-11-17-13-7-9-15(10-8-13)14(16)12(2)3/h12-13H,4-11H2,1-3H3. The van der Waals surface area contributed by atoms with Crippen LogP contribution in [0.15, 0.2) is 0 Å². The van der Waals surface area contributed by atoms with Gasteiger partial charge < -0.3 is 9.64 Å². The molecular formula is C14H27NO2. The van der Waals surface area contributed by atoms with Crippen molar-refractivity contribution in [3.63, 3.8) is 0 Å². The smallest absolute Gasteiger partial charge is 0.225 e. The molecule has 1 heterocycles. The van der Waals surface area contributed by atoms with Crippen LogP contribution < -0.4 is 0 Å². The lowest BCUT2D eigenvalue weighted by Gasteiger charge is -2.33. The molecule has 3 nitrogen and oxygen atoms in total. The summed E-state index contributed by atoms with van der Waals surface area (Å²) in [7, 11) is 0. The van der Waals surface area contributed by atoms with E-state index in [0.29, 0.717) is 6.10 Å². The zero-order chi connectivity index (χ0) is 12.7. The van der Waals surface area contributed by atoms with Crippen LogP contribution in [-0.2, 0) is 9.53 Å². The minimum absolute atomic E-state index is 0.122. The third-order valence-electron chi connectivity index (χ3n) is 3.35. The van der Waals surface area contributed by atoms with E-state index in [2.05, 4.69) is 6.92 Å². The summed E-state index contributed by atoms with van der Waals surface area (Å²) in [6.07, 6.45) is 6.05. The van der Waals surface area contributed by atoms with E-state index in [-0.39, 0.29) is 11.8 Å². The van der Waals surface area contributed by atoms with Crippen LogP contribution in [0.1, 0.15) is 52.9 Å². The molecule has 0 aromatic carbocycles. The number of hydrogen-bond donors (Lipinski definition) is 0. The SMILES string of the molecule is CCCCCOC1CCN(C(=O)C(C)C)CC1. The number of likely N-dealkylation sites (tertiary alicyclic amines) is 1. The van der Waals surface area contributed by atoms with Gasteiger partial charge in [-0.25, -0.2) is 0 Å². The maximum absolute atomic E-state index is 11.8. The van der Waals surface area contributed by atoms with Crippen LogP contribution in [0, 0.1) is 5.92 Å². The Morgan fingerprint density at radius 2 is 1.94 bits per heavy atom. The van der Waals surface area contributed by atoms with Crippen molar-refractivity contribution >= 4 is 5.91 Å². The highest BCUT2D eigenvalue weighted by Crippen LogP contribution is 2.16. The maximum Gasteiger partial charge on any atom is 0.225 e. The lowest BCUT2D eigenvalue weighted by Crippen LogP contribution is -2.42. The van der Waals surface area contributed by atoms with Crippen LogP contribution in [0.3, 0.4) is 0 Å². The van der Waals surface area contributed by atoms with Crippen LogP contribution in [0.2, 0.25) is 0 Å². The maximum atomic E-state index is 11.8. The van der Waals surface area contributed by atoms with Crippen molar-refractivity contribution in [2.45, 2.75) is 59.0 Å². The summed E-state index contributed by atoms with van der Waals surface area (Å²) in [4.78, 5) is 13.8. The number of piperidine rings is 1. The molecule has 1 rings (SSSR count). The van der Waals surface area contributed by atoms with Gasteiger partial charge in [-0.2, -0.15) is 0 Å². The Labute approximate surface area is 106 Å². The van der Waals surface area contributed by atoms with E-state index in [4.69, 9.17) is 4.74 Å². The topological polar surface area (TPSA) is 29.5 Å². The second kappa shape index (κ2) is 7.70. The Balaban J connectivity index is 2.15. The van der Waals surface area contributed by atoms with Gasteiger partial charge in [-0.3, -0.25) is 4.79 Å². The number of nitrogens with zero attached hydrogens (tertiary/aromatic N) is 1. The lowest BCUT2D eigenvalue weighted by atomic mass is 10.1. The molecule has 1 amide bonds. The fraction of sp³-hybridized carbons (Fsp3) is 0.929. The Morgan fingerprint density at radius 3 is 2.47 bits per heavy atom. The van der Waals surface area contributed by atoms with E-state index in [1.54, 1.807) is 0 Å².